The Morgan fingerprint density at radius 2 is 1.47 bits per heavy atom. The summed E-state index contributed by atoms with van der Waals surface area (Å²) in [4.78, 5) is 30.6. The molecule has 0 spiro atoms. The first kappa shape index (κ1) is 34.2. The number of anilines is 1. The Morgan fingerprint density at radius 3 is 2.13 bits per heavy atom. The van der Waals surface area contributed by atoms with E-state index in [-0.39, 0.29) is 29.8 Å². The zero-order valence-corrected chi connectivity index (χ0v) is 28.5. The van der Waals surface area contributed by atoms with Gasteiger partial charge >= 0.3 is 0 Å². The van der Waals surface area contributed by atoms with Gasteiger partial charge in [-0.3, -0.25) is 13.9 Å². The van der Waals surface area contributed by atoms with E-state index in [2.05, 4.69) is 5.32 Å². The van der Waals surface area contributed by atoms with Crippen molar-refractivity contribution in [2.75, 3.05) is 10.8 Å². The van der Waals surface area contributed by atoms with Crippen molar-refractivity contribution in [2.45, 2.75) is 75.9 Å². The van der Waals surface area contributed by atoms with Crippen LogP contribution >= 0.6 is 11.6 Å². The van der Waals surface area contributed by atoms with Gasteiger partial charge in [-0.1, -0.05) is 104 Å². The molecule has 1 aliphatic carbocycles. The number of nitrogens with one attached hydrogen (secondary N) is 1. The lowest BCUT2D eigenvalue weighted by molar-refractivity contribution is -0.140. The van der Waals surface area contributed by atoms with Crippen molar-refractivity contribution in [3.8, 4) is 0 Å². The lowest BCUT2D eigenvalue weighted by atomic mass is 9.94. The summed E-state index contributed by atoms with van der Waals surface area (Å²) in [6.07, 6.45) is 5.32. The Balaban J connectivity index is 1.58. The quantitative estimate of drug-likeness (QED) is 0.172. The molecule has 0 aromatic heterocycles. The molecule has 1 unspecified atom stereocenters. The third kappa shape index (κ3) is 8.62. The van der Waals surface area contributed by atoms with E-state index in [9.17, 15) is 18.0 Å². The molecule has 1 atom stereocenters. The first-order valence-corrected chi connectivity index (χ1v) is 18.0. The van der Waals surface area contributed by atoms with Gasteiger partial charge in [0, 0.05) is 24.0 Å². The van der Waals surface area contributed by atoms with Crippen LogP contribution in [-0.4, -0.2) is 43.8 Å². The van der Waals surface area contributed by atoms with Crippen LogP contribution in [0.3, 0.4) is 0 Å². The molecule has 1 saturated carbocycles. The van der Waals surface area contributed by atoms with E-state index in [1.54, 1.807) is 48.2 Å². The summed E-state index contributed by atoms with van der Waals surface area (Å²) >= 11 is 6.26. The summed E-state index contributed by atoms with van der Waals surface area (Å²) in [5, 5.41) is 3.71. The summed E-state index contributed by atoms with van der Waals surface area (Å²) in [6, 6.07) is 29.5. The number of amides is 2. The van der Waals surface area contributed by atoms with Crippen LogP contribution in [0.15, 0.2) is 108 Å². The van der Waals surface area contributed by atoms with E-state index < -0.39 is 28.5 Å². The average Bonchev–Trinajstić information content (AvgIpc) is 3.07. The predicted octanol–water partition coefficient (Wildman–Crippen LogP) is 7.24. The van der Waals surface area contributed by atoms with Crippen LogP contribution in [0, 0.1) is 13.8 Å². The maximum absolute atomic E-state index is 14.7. The van der Waals surface area contributed by atoms with Crippen LogP contribution in [0.25, 0.3) is 0 Å². The van der Waals surface area contributed by atoms with E-state index in [1.165, 1.54) is 12.1 Å². The highest BCUT2D eigenvalue weighted by atomic mass is 35.5. The monoisotopic (exact) mass is 671 g/mol. The lowest BCUT2D eigenvalue weighted by Crippen LogP contribution is -2.55. The summed E-state index contributed by atoms with van der Waals surface area (Å²) < 4.78 is 29.6. The molecule has 4 aromatic rings. The van der Waals surface area contributed by atoms with E-state index in [1.807, 2.05) is 61.5 Å². The first-order chi connectivity index (χ1) is 22.6. The van der Waals surface area contributed by atoms with E-state index in [0.29, 0.717) is 16.3 Å². The van der Waals surface area contributed by atoms with Gasteiger partial charge in [0.05, 0.1) is 10.6 Å². The highest BCUT2D eigenvalue weighted by molar-refractivity contribution is 7.92. The fourth-order valence-electron chi connectivity index (χ4n) is 6.20. The lowest BCUT2D eigenvalue weighted by Gasteiger charge is -2.35. The van der Waals surface area contributed by atoms with Crippen molar-refractivity contribution in [1.29, 1.82) is 0 Å². The molecule has 1 N–H and O–H groups in total. The number of sulfonamides is 1. The molecule has 47 heavy (non-hydrogen) atoms. The Hall–Kier alpha value is -4.14. The molecule has 1 fully saturated rings. The standard InChI is InChI=1S/C38H42ClN3O4S/c1-28-14-12-13-17-31(28)26-41(36(25-30-15-6-3-7-16-30)38(44)40-33-18-8-4-9-19-33)37(43)27-42(35-23-22-32(39)24-29(35)2)47(45,46)34-20-10-5-11-21-34/h3,5-7,10-17,20-24,33,36H,4,8-9,18-19,25-27H2,1-2H3,(H,40,44). The fraction of sp³-hybridized carbons (Fsp3) is 0.316. The highest BCUT2D eigenvalue weighted by Gasteiger charge is 2.36. The topological polar surface area (TPSA) is 86.8 Å². The summed E-state index contributed by atoms with van der Waals surface area (Å²) in [5.41, 5.74) is 3.70. The number of aryl methyl sites for hydroxylation is 2. The number of hydrogen-bond donors (Lipinski definition) is 1. The van der Waals surface area contributed by atoms with Crippen LogP contribution in [0.2, 0.25) is 5.02 Å². The van der Waals surface area contributed by atoms with Crippen molar-refractivity contribution in [2.24, 2.45) is 0 Å². The van der Waals surface area contributed by atoms with Crippen molar-refractivity contribution >= 4 is 39.1 Å². The van der Waals surface area contributed by atoms with Gasteiger partial charge in [0.15, 0.2) is 0 Å². The van der Waals surface area contributed by atoms with Gasteiger partial charge in [-0.2, -0.15) is 0 Å². The molecule has 246 valence electrons. The van der Waals surface area contributed by atoms with Crippen molar-refractivity contribution < 1.29 is 18.0 Å². The van der Waals surface area contributed by atoms with E-state index >= 15 is 0 Å². The van der Waals surface area contributed by atoms with E-state index in [0.717, 1.165) is 53.1 Å². The second-order valence-corrected chi connectivity index (χ2v) is 14.6. The van der Waals surface area contributed by atoms with Gasteiger partial charge in [0.2, 0.25) is 11.8 Å². The number of benzene rings is 4. The molecule has 0 aliphatic heterocycles. The number of carbonyl (C=O) groups is 2. The van der Waals surface area contributed by atoms with Crippen LogP contribution in [-0.2, 0) is 32.6 Å². The molecular formula is C38H42ClN3O4S. The van der Waals surface area contributed by atoms with Gasteiger partial charge in [0.1, 0.15) is 12.6 Å². The Kier molecular flexibility index (Phi) is 11.4. The Labute approximate surface area is 283 Å². The largest absolute Gasteiger partial charge is 0.352 e. The molecule has 9 heteroatoms. The summed E-state index contributed by atoms with van der Waals surface area (Å²) in [6.45, 7) is 3.36. The third-order valence-electron chi connectivity index (χ3n) is 8.86. The molecule has 0 heterocycles. The molecule has 2 amide bonds. The van der Waals surface area contributed by atoms with Gasteiger partial charge in [-0.25, -0.2) is 8.42 Å². The Bertz CT molecular complexity index is 1780. The molecule has 7 nitrogen and oxygen atoms in total. The molecule has 4 aromatic carbocycles. The van der Waals surface area contributed by atoms with Crippen molar-refractivity contribution in [3.05, 3.63) is 130 Å². The second-order valence-electron chi connectivity index (χ2n) is 12.3. The van der Waals surface area contributed by atoms with Crippen molar-refractivity contribution in [3.63, 3.8) is 0 Å². The van der Waals surface area contributed by atoms with Gasteiger partial charge < -0.3 is 10.2 Å². The number of halogens is 1. The number of carbonyl (C=O) groups excluding carboxylic acids is 2. The predicted molar refractivity (Wildman–Crippen MR) is 188 cm³/mol. The molecule has 1 aliphatic rings. The second kappa shape index (κ2) is 15.6. The van der Waals surface area contributed by atoms with Gasteiger partial charge in [-0.15, -0.1) is 0 Å². The maximum atomic E-state index is 14.7. The number of rotatable bonds is 12. The van der Waals surface area contributed by atoms with Crippen molar-refractivity contribution in [1.82, 2.24) is 10.2 Å². The van der Waals surface area contributed by atoms with Gasteiger partial charge in [0.25, 0.3) is 10.0 Å². The smallest absolute Gasteiger partial charge is 0.264 e. The van der Waals surface area contributed by atoms with Crippen LogP contribution in [0.4, 0.5) is 5.69 Å². The zero-order valence-electron chi connectivity index (χ0n) is 26.9. The fourth-order valence-corrected chi connectivity index (χ4v) is 7.93. The minimum absolute atomic E-state index is 0.0385. The number of nitrogens with zero attached hydrogens (tertiary/aromatic N) is 2. The Morgan fingerprint density at radius 1 is 0.830 bits per heavy atom. The van der Waals surface area contributed by atoms with E-state index in [4.69, 9.17) is 11.6 Å². The SMILES string of the molecule is Cc1ccccc1CN(C(=O)CN(c1ccc(Cl)cc1C)S(=O)(=O)c1ccccc1)C(Cc1ccccc1)C(=O)NC1CCCCC1. The van der Waals surface area contributed by atoms with Crippen LogP contribution in [0.1, 0.15) is 54.4 Å². The average molecular weight is 672 g/mol. The summed E-state index contributed by atoms with van der Waals surface area (Å²) in [5.74, 6) is -0.718. The first-order valence-electron chi connectivity index (χ1n) is 16.2. The minimum Gasteiger partial charge on any atom is -0.352 e. The number of hydrogen-bond acceptors (Lipinski definition) is 4. The molecule has 0 radical (unpaired) electrons. The maximum Gasteiger partial charge on any atom is 0.264 e. The molecule has 0 saturated heterocycles. The zero-order chi connectivity index (χ0) is 33.4. The molecule has 5 rings (SSSR count). The van der Waals surface area contributed by atoms with Crippen LogP contribution in [0.5, 0.6) is 0 Å². The molecule has 0 bridgehead atoms. The summed E-state index contributed by atoms with van der Waals surface area (Å²) in [7, 11) is -4.18. The van der Waals surface area contributed by atoms with Gasteiger partial charge in [-0.05, 0) is 79.3 Å². The van der Waals surface area contributed by atoms with Crippen LogP contribution < -0.4 is 9.62 Å². The highest BCUT2D eigenvalue weighted by Crippen LogP contribution is 2.30. The third-order valence-corrected chi connectivity index (χ3v) is 10.9. The minimum atomic E-state index is -4.18. The molecular weight excluding hydrogens is 630 g/mol. The normalized spacial score (nSPS) is 14.3.